The summed E-state index contributed by atoms with van der Waals surface area (Å²) in [7, 11) is -3.12. The third-order valence-electron chi connectivity index (χ3n) is 7.02. The molecule has 1 amide bonds. The highest BCUT2D eigenvalue weighted by Gasteiger charge is 2.25. The summed E-state index contributed by atoms with van der Waals surface area (Å²) >= 11 is 0. The molecular weight excluding hydrogens is 460 g/mol. The number of nitrogens with one attached hydrogen (secondary N) is 1. The van der Waals surface area contributed by atoms with Gasteiger partial charge in [0.1, 0.15) is 0 Å². The van der Waals surface area contributed by atoms with Gasteiger partial charge in [-0.15, -0.1) is 0 Å². The fourth-order valence-electron chi connectivity index (χ4n) is 4.84. The number of benzene rings is 2. The summed E-state index contributed by atoms with van der Waals surface area (Å²) in [5.41, 5.74) is 4.13. The summed E-state index contributed by atoms with van der Waals surface area (Å²) < 4.78 is 25.7. The first-order chi connectivity index (χ1) is 16.9. The predicted molar refractivity (Wildman–Crippen MR) is 139 cm³/mol. The van der Waals surface area contributed by atoms with Crippen molar-refractivity contribution in [3.05, 3.63) is 70.8 Å². The number of likely N-dealkylation sites (tertiary alicyclic amines) is 1. The topological polar surface area (TPSA) is 73.0 Å². The molecule has 0 saturated carbocycles. The minimum Gasteiger partial charge on any atom is -0.348 e. The summed E-state index contributed by atoms with van der Waals surface area (Å²) in [6.45, 7) is 8.71. The normalized spacial score (nSPS) is 18.4. The lowest BCUT2D eigenvalue weighted by molar-refractivity contribution is 0.0950. The molecule has 0 bridgehead atoms. The Hall–Kier alpha value is -2.26. The molecule has 0 unspecified atom stereocenters. The molecule has 0 radical (unpaired) electrons. The van der Waals surface area contributed by atoms with Gasteiger partial charge in [-0.05, 0) is 61.7 Å². The molecule has 0 aliphatic carbocycles. The van der Waals surface area contributed by atoms with Gasteiger partial charge >= 0.3 is 0 Å². The zero-order valence-electron chi connectivity index (χ0n) is 20.8. The Morgan fingerprint density at radius 2 is 1.43 bits per heavy atom. The molecule has 190 valence electrons. The van der Waals surface area contributed by atoms with E-state index in [1.54, 1.807) is 11.2 Å². The van der Waals surface area contributed by atoms with Crippen LogP contribution in [0.15, 0.2) is 48.5 Å². The van der Waals surface area contributed by atoms with Crippen LogP contribution in [0.25, 0.3) is 0 Å². The lowest BCUT2D eigenvalue weighted by Crippen LogP contribution is -2.48. The van der Waals surface area contributed by atoms with Gasteiger partial charge < -0.3 is 5.32 Å². The molecule has 0 aromatic heterocycles. The van der Waals surface area contributed by atoms with Gasteiger partial charge in [-0.25, -0.2) is 8.42 Å². The van der Waals surface area contributed by atoms with E-state index in [-0.39, 0.29) is 11.7 Å². The van der Waals surface area contributed by atoms with Crippen molar-refractivity contribution in [2.75, 3.05) is 45.0 Å². The maximum Gasteiger partial charge on any atom is 0.251 e. The minimum atomic E-state index is -3.12. The average molecular weight is 499 g/mol. The summed E-state index contributed by atoms with van der Waals surface area (Å²) in [4.78, 5) is 17.5. The van der Waals surface area contributed by atoms with E-state index < -0.39 is 10.0 Å². The second-order valence-corrected chi connectivity index (χ2v) is 11.9. The lowest BCUT2D eigenvalue weighted by atomic mass is 10.1. The Balaban J connectivity index is 1.25. The molecule has 4 rings (SSSR count). The molecule has 2 fully saturated rings. The van der Waals surface area contributed by atoms with Gasteiger partial charge in [-0.1, -0.05) is 42.8 Å². The first-order valence-electron chi connectivity index (χ1n) is 12.8. The van der Waals surface area contributed by atoms with Crippen LogP contribution in [0.4, 0.5) is 0 Å². The molecule has 2 saturated heterocycles. The third-order valence-corrected chi connectivity index (χ3v) is 8.90. The predicted octanol–water partition coefficient (Wildman–Crippen LogP) is 3.07. The Bertz CT molecular complexity index is 1070. The van der Waals surface area contributed by atoms with Crippen LogP contribution < -0.4 is 5.32 Å². The average Bonchev–Trinajstić information content (AvgIpc) is 2.89. The van der Waals surface area contributed by atoms with E-state index in [2.05, 4.69) is 39.4 Å². The van der Waals surface area contributed by atoms with E-state index in [0.29, 0.717) is 44.8 Å². The van der Waals surface area contributed by atoms with Crippen LogP contribution in [0, 0.1) is 0 Å². The van der Waals surface area contributed by atoms with Gasteiger partial charge in [0.05, 0.1) is 5.75 Å². The Kier molecular flexibility index (Phi) is 8.94. The van der Waals surface area contributed by atoms with Crippen LogP contribution in [-0.4, -0.2) is 73.5 Å². The monoisotopic (exact) mass is 498 g/mol. The highest BCUT2D eigenvalue weighted by atomic mass is 32.2. The summed E-state index contributed by atoms with van der Waals surface area (Å²) in [5, 5.41) is 3.04. The van der Waals surface area contributed by atoms with Gasteiger partial charge in [-0.3, -0.25) is 14.6 Å². The maximum absolute atomic E-state index is 12.8. The highest BCUT2D eigenvalue weighted by Crippen LogP contribution is 2.15. The van der Waals surface area contributed by atoms with E-state index >= 15 is 0 Å². The molecule has 2 aromatic rings. The number of sulfonamides is 1. The highest BCUT2D eigenvalue weighted by molar-refractivity contribution is 7.89. The fourth-order valence-corrected chi connectivity index (χ4v) is 5.92. The van der Waals surface area contributed by atoms with Crippen LogP contribution in [0.5, 0.6) is 0 Å². The molecule has 0 atom stereocenters. The number of carbonyl (C=O) groups is 1. The van der Waals surface area contributed by atoms with Crippen molar-refractivity contribution < 1.29 is 13.2 Å². The fraction of sp³-hybridized carbons (Fsp3) is 0.519. The number of amides is 1. The molecule has 8 heteroatoms. The Morgan fingerprint density at radius 1 is 0.800 bits per heavy atom. The van der Waals surface area contributed by atoms with Crippen molar-refractivity contribution in [3.63, 3.8) is 0 Å². The minimum absolute atomic E-state index is 0.0805. The molecule has 2 aliphatic heterocycles. The van der Waals surface area contributed by atoms with Crippen molar-refractivity contribution >= 4 is 15.9 Å². The van der Waals surface area contributed by atoms with Crippen LogP contribution >= 0.6 is 0 Å². The number of rotatable bonds is 9. The van der Waals surface area contributed by atoms with E-state index in [1.165, 1.54) is 37.9 Å². The quantitative estimate of drug-likeness (QED) is 0.575. The first-order valence-corrected chi connectivity index (χ1v) is 14.4. The van der Waals surface area contributed by atoms with Gasteiger partial charge in [-0.2, -0.15) is 4.31 Å². The molecule has 2 aliphatic rings. The second-order valence-electron chi connectivity index (χ2n) is 9.61. The lowest BCUT2D eigenvalue weighted by Gasteiger charge is -2.33. The largest absolute Gasteiger partial charge is 0.348 e. The van der Waals surface area contributed by atoms with E-state index in [9.17, 15) is 13.2 Å². The number of carbonyl (C=O) groups excluding carboxylic acids is 1. The van der Waals surface area contributed by atoms with Crippen LogP contribution in [0.1, 0.15) is 53.2 Å². The van der Waals surface area contributed by atoms with Crippen molar-refractivity contribution in [1.29, 1.82) is 0 Å². The van der Waals surface area contributed by atoms with Crippen molar-refractivity contribution in [3.8, 4) is 0 Å². The SMILES string of the molecule is CCS(=O)(=O)N1CCN(Cc2cccc(C(=O)NCc3ccc(CN4CCCCC4)cc3)c2)CC1. The molecule has 2 aromatic carbocycles. The molecule has 7 nitrogen and oxygen atoms in total. The number of piperidine rings is 1. The summed E-state index contributed by atoms with van der Waals surface area (Å²) in [6, 6.07) is 16.3. The van der Waals surface area contributed by atoms with E-state index in [0.717, 1.165) is 17.7 Å². The molecule has 35 heavy (non-hydrogen) atoms. The van der Waals surface area contributed by atoms with E-state index in [1.807, 2.05) is 24.3 Å². The molecule has 1 N–H and O–H groups in total. The summed E-state index contributed by atoms with van der Waals surface area (Å²) in [6.07, 6.45) is 3.94. The van der Waals surface area contributed by atoms with Crippen LogP contribution in [0.3, 0.4) is 0 Å². The Labute approximate surface area is 210 Å². The summed E-state index contributed by atoms with van der Waals surface area (Å²) in [5.74, 6) is 0.0653. The number of hydrogen-bond acceptors (Lipinski definition) is 5. The zero-order valence-corrected chi connectivity index (χ0v) is 21.6. The van der Waals surface area contributed by atoms with Crippen molar-refractivity contribution in [2.24, 2.45) is 0 Å². The van der Waals surface area contributed by atoms with Gasteiger partial charge in [0.25, 0.3) is 5.91 Å². The number of hydrogen-bond donors (Lipinski definition) is 1. The smallest absolute Gasteiger partial charge is 0.251 e. The third kappa shape index (κ3) is 7.36. The van der Waals surface area contributed by atoms with Crippen LogP contribution in [-0.2, 0) is 29.7 Å². The van der Waals surface area contributed by atoms with Gasteiger partial charge in [0, 0.05) is 51.4 Å². The molecule has 0 spiro atoms. The Morgan fingerprint density at radius 3 is 2.11 bits per heavy atom. The van der Waals surface area contributed by atoms with Crippen LogP contribution in [0.2, 0.25) is 0 Å². The first kappa shape index (κ1) is 25.8. The molecule has 2 heterocycles. The van der Waals surface area contributed by atoms with Gasteiger partial charge in [0.15, 0.2) is 0 Å². The molecular formula is C27H38N4O3S. The van der Waals surface area contributed by atoms with Gasteiger partial charge in [0.2, 0.25) is 10.0 Å². The standard InChI is InChI=1S/C27H38N4O3S/c1-2-35(33,34)31-17-15-30(16-18-31)22-25-7-6-8-26(19-25)27(32)28-20-23-9-11-24(12-10-23)21-29-13-4-3-5-14-29/h6-12,19H,2-5,13-18,20-22H2,1H3,(H,28,32). The van der Waals surface area contributed by atoms with E-state index in [4.69, 9.17) is 0 Å². The zero-order chi connectivity index (χ0) is 24.7. The number of piperazine rings is 1. The van der Waals surface area contributed by atoms with Crippen molar-refractivity contribution in [2.45, 2.75) is 45.8 Å². The van der Waals surface area contributed by atoms with Crippen molar-refractivity contribution in [1.82, 2.24) is 19.4 Å². The second kappa shape index (κ2) is 12.1. The maximum atomic E-state index is 12.8. The number of nitrogens with zero attached hydrogens (tertiary/aromatic N) is 3.